The maximum atomic E-state index is 11.6. The smallest absolute Gasteiger partial charge is 0.315 e. The van der Waals surface area contributed by atoms with Crippen LogP contribution >= 0.6 is 0 Å². The number of hydrogen-bond donors (Lipinski definition) is 3. The highest BCUT2D eigenvalue weighted by Crippen LogP contribution is 2.21. The van der Waals surface area contributed by atoms with Crippen LogP contribution in [0.15, 0.2) is 0 Å². The van der Waals surface area contributed by atoms with Gasteiger partial charge in [0.05, 0.1) is 6.10 Å². The Hall–Kier alpha value is -0.770. The van der Waals surface area contributed by atoms with E-state index < -0.39 is 0 Å². The van der Waals surface area contributed by atoms with Crippen LogP contribution < -0.4 is 10.6 Å². The number of aliphatic hydroxyl groups excluding tert-OH is 1. The molecule has 1 aliphatic rings. The van der Waals surface area contributed by atoms with Gasteiger partial charge in [0, 0.05) is 12.6 Å². The van der Waals surface area contributed by atoms with Crippen molar-refractivity contribution in [2.24, 2.45) is 5.41 Å². The van der Waals surface area contributed by atoms with Gasteiger partial charge in [-0.05, 0) is 24.7 Å². The first kappa shape index (κ1) is 15.3. The van der Waals surface area contributed by atoms with Gasteiger partial charge in [-0.1, -0.05) is 40.0 Å². The summed E-state index contributed by atoms with van der Waals surface area (Å²) in [7, 11) is 0. The minimum absolute atomic E-state index is 0.0944. The Labute approximate surface area is 111 Å². The van der Waals surface area contributed by atoms with Crippen molar-refractivity contribution in [3.63, 3.8) is 0 Å². The van der Waals surface area contributed by atoms with Gasteiger partial charge < -0.3 is 15.7 Å². The average Bonchev–Trinajstić information content (AvgIpc) is 2.28. The van der Waals surface area contributed by atoms with Gasteiger partial charge in [0.25, 0.3) is 0 Å². The van der Waals surface area contributed by atoms with Crippen molar-refractivity contribution in [1.82, 2.24) is 10.6 Å². The van der Waals surface area contributed by atoms with Crippen molar-refractivity contribution >= 4 is 6.03 Å². The Balaban J connectivity index is 2.13. The van der Waals surface area contributed by atoms with E-state index in [1.807, 2.05) is 20.8 Å². The molecule has 0 aromatic rings. The molecular formula is C14H28N2O2. The second-order valence-electron chi connectivity index (χ2n) is 6.41. The summed E-state index contributed by atoms with van der Waals surface area (Å²) in [5.41, 5.74) is -0.123. The predicted octanol–water partition coefficient (Wildman–Crippen LogP) is 2.42. The summed E-state index contributed by atoms with van der Waals surface area (Å²) in [6.07, 6.45) is 6.13. The molecule has 1 fully saturated rings. The van der Waals surface area contributed by atoms with Crippen molar-refractivity contribution in [3.8, 4) is 0 Å². The molecule has 3 N–H and O–H groups in total. The normalized spacial score (nSPS) is 19.3. The molecule has 1 rings (SSSR count). The number of rotatable bonds is 4. The Morgan fingerprint density at radius 1 is 1.28 bits per heavy atom. The van der Waals surface area contributed by atoms with Crippen LogP contribution in [0.25, 0.3) is 0 Å². The van der Waals surface area contributed by atoms with Crippen molar-refractivity contribution in [2.75, 3.05) is 6.54 Å². The van der Waals surface area contributed by atoms with E-state index in [9.17, 15) is 9.90 Å². The third kappa shape index (κ3) is 5.71. The highest BCUT2D eigenvalue weighted by Gasteiger charge is 2.22. The fraction of sp³-hybridized carbons (Fsp3) is 0.929. The number of amides is 2. The lowest BCUT2D eigenvalue weighted by molar-refractivity contribution is 0.0564. The Morgan fingerprint density at radius 3 is 2.44 bits per heavy atom. The van der Waals surface area contributed by atoms with Crippen LogP contribution in [0.2, 0.25) is 0 Å². The van der Waals surface area contributed by atoms with E-state index in [0.29, 0.717) is 19.0 Å². The van der Waals surface area contributed by atoms with Crippen LogP contribution in [-0.2, 0) is 0 Å². The molecule has 4 heteroatoms. The van der Waals surface area contributed by atoms with Gasteiger partial charge in [-0.25, -0.2) is 4.79 Å². The first-order valence-electron chi connectivity index (χ1n) is 7.12. The van der Waals surface area contributed by atoms with Crippen LogP contribution in [-0.4, -0.2) is 29.8 Å². The fourth-order valence-electron chi connectivity index (χ4n) is 2.24. The monoisotopic (exact) mass is 256 g/mol. The molecule has 0 saturated heterocycles. The van der Waals surface area contributed by atoms with Gasteiger partial charge in [-0.15, -0.1) is 0 Å². The highest BCUT2D eigenvalue weighted by atomic mass is 16.3. The topological polar surface area (TPSA) is 61.4 Å². The SMILES string of the molecule is CC(C)(C)C(O)CCNC(=O)NC1CCCCC1. The number of hydrogen-bond acceptors (Lipinski definition) is 2. The largest absolute Gasteiger partial charge is 0.393 e. The lowest BCUT2D eigenvalue weighted by Gasteiger charge is -2.26. The van der Waals surface area contributed by atoms with E-state index in [0.717, 1.165) is 12.8 Å². The van der Waals surface area contributed by atoms with E-state index in [-0.39, 0.29) is 17.6 Å². The average molecular weight is 256 g/mol. The molecule has 0 bridgehead atoms. The summed E-state index contributed by atoms with van der Waals surface area (Å²) in [5.74, 6) is 0. The highest BCUT2D eigenvalue weighted by molar-refractivity contribution is 5.74. The molecule has 0 aromatic carbocycles. The van der Waals surface area contributed by atoms with Gasteiger partial charge in [0.2, 0.25) is 0 Å². The van der Waals surface area contributed by atoms with Crippen molar-refractivity contribution in [1.29, 1.82) is 0 Å². The second-order valence-corrected chi connectivity index (χ2v) is 6.41. The van der Waals surface area contributed by atoms with Crippen molar-refractivity contribution in [2.45, 2.75) is 71.4 Å². The Morgan fingerprint density at radius 2 is 1.89 bits per heavy atom. The molecule has 1 aliphatic carbocycles. The first-order chi connectivity index (χ1) is 8.39. The summed E-state index contributed by atoms with van der Waals surface area (Å²) in [4.78, 5) is 11.6. The summed E-state index contributed by atoms with van der Waals surface area (Å²) >= 11 is 0. The quantitative estimate of drug-likeness (QED) is 0.723. The first-order valence-corrected chi connectivity index (χ1v) is 7.12. The second kappa shape index (κ2) is 6.98. The van der Waals surface area contributed by atoms with Gasteiger partial charge >= 0.3 is 6.03 Å². The van der Waals surface area contributed by atoms with Crippen molar-refractivity contribution in [3.05, 3.63) is 0 Å². The van der Waals surface area contributed by atoms with E-state index >= 15 is 0 Å². The molecule has 2 amide bonds. The third-order valence-electron chi connectivity index (χ3n) is 3.64. The number of urea groups is 1. The van der Waals surface area contributed by atoms with Crippen LogP contribution in [0.5, 0.6) is 0 Å². The standard InChI is InChI=1S/C14H28N2O2/c1-14(2,3)12(17)9-10-15-13(18)16-11-7-5-4-6-8-11/h11-12,17H,4-10H2,1-3H3,(H2,15,16,18). The van der Waals surface area contributed by atoms with E-state index in [1.54, 1.807) is 0 Å². The number of carbonyl (C=O) groups is 1. The molecule has 1 unspecified atom stereocenters. The van der Waals surface area contributed by atoms with Gasteiger partial charge in [0.1, 0.15) is 0 Å². The lowest BCUT2D eigenvalue weighted by atomic mass is 9.87. The van der Waals surface area contributed by atoms with E-state index in [1.165, 1.54) is 19.3 Å². The minimum atomic E-state index is -0.382. The zero-order valence-corrected chi connectivity index (χ0v) is 12.0. The van der Waals surface area contributed by atoms with Crippen LogP contribution in [0.3, 0.4) is 0 Å². The molecule has 1 atom stereocenters. The molecule has 0 aliphatic heterocycles. The molecule has 0 aromatic heterocycles. The van der Waals surface area contributed by atoms with Crippen LogP contribution in [0.1, 0.15) is 59.3 Å². The zero-order chi connectivity index (χ0) is 13.6. The molecule has 1 saturated carbocycles. The van der Waals surface area contributed by atoms with Gasteiger partial charge in [0.15, 0.2) is 0 Å². The number of nitrogens with one attached hydrogen (secondary N) is 2. The van der Waals surface area contributed by atoms with E-state index in [4.69, 9.17) is 0 Å². The molecular weight excluding hydrogens is 228 g/mol. The molecule has 0 radical (unpaired) electrons. The number of carbonyl (C=O) groups excluding carboxylic acids is 1. The molecule has 106 valence electrons. The van der Waals surface area contributed by atoms with Crippen LogP contribution in [0.4, 0.5) is 4.79 Å². The molecule has 4 nitrogen and oxygen atoms in total. The Bertz CT molecular complexity index is 255. The fourth-order valence-corrected chi connectivity index (χ4v) is 2.24. The van der Waals surface area contributed by atoms with Gasteiger partial charge in [-0.2, -0.15) is 0 Å². The van der Waals surface area contributed by atoms with Crippen molar-refractivity contribution < 1.29 is 9.90 Å². The minimum Gasteiger partial charge on any atom is -0.393 e. The lowest BCUT2D eigenvalue weighted by Crippen LogP contribution is -2.44. The zero-order valence-electron chi connectivity index (χ0n) is 12.0. The third-order valence-corrected chi connectivity index (χ3v) is 3.64. The summed E-state index contributed by atoms with van der Waals surface area (Å²) < 4.78 is 0. The van der Waals surface area contributed by atoms with Crippen LogP contribution in [0, 0.1) is 5.41 Å². The summed E-state index contributed by atoms with van der Waals surface area (Å²) in [6.45, 7) is 6.52. The molecule has 0 heterocycles. The molecule has 0 spiro atoms. The number of aliphatic hydroxyl groups is 1. The summed E-state index contributed by atoms with van der Waals surface area (Å²) in [6, 6.07) is 0.245. The van der Waals surface area contributed by atoms with Gasteiger partial charge in [-0.3, -0.25) is 0 Å². The predicted molar refractivity (Wildman–Crippen MR) is 73.5 cm³/mol. The maximum Gasteiger partial charge on any atom is 0.315 e. The maximum absolute atomic E-state index is 11.6. The van der Waals surface area contributed by atoms with E-state index in [2.05, 4.69) is 10.6 Å². The molecule has 18 heavy (non-hydrogen) atoms. The summed E-state index contributed by atoms with van der Waals surface area (Å²) in [5, 5.41) is 15.7. The Kier molecular flexibility index (Phi) is 5.93.